The summed E-state index contributed by atoms with van der Waals surface area (Å²) in [4.78, 5) is 18.6. The molecule has 1 saturated heterocycles. The predicted molar refractivity (Wildman–Crippen MR) is 167 cm³/mol. The van der Waals surface area contributed by atoms with Crippen LogP contribution in [0.25, 0.3) is 33.6 Å². The fourth-order valence-electron chi connectivity index (χ4n) is 4.97. The summed E-state index contributed by atoms with van der Waals surface area (Å²) >= 11 is 14.0. The highest BCUT2D eigenvalue weighted by Gasteiger charge is 2.20. The summed E-state index contributed by atoms with van der Waals surface area (Å²) in [5, 5.41) is 10.9. The van der Waals surface area contributed by atoms with Gasteiger partial charge in [0.05, 0.1) is 48.0 Å². The minimum Gasteiger partial charge on any atom is -0.480 e. The minimum atomic E-state index is 0.370. The number of methoxy groups -OCH3 is 2. The van der Waals surface area contributed by atoms with Gasteiger partial charge in [0, 0.05) is 53.6 Å². The third kappa shape index (κ3) is 6.34. The van der Waals surface area contributed by atoms with E-state index in [0.29, 0.717) is 69.1 Å². The molecule has 1 fully saturated rings. The van der Waals surface area contributed by atoms with Crippen molar-refractivity contribution in [2.24, 2.45) is 0 Å². The molecular weight excluding hydrogens is 573 g/mol. The summed E-state index contributed by atoms with van der Waals surface area (Å²) < 4.78 is 11.1. The fourth-order valence-corrected chi connectivity index (χ4v) is 5.61. The summed E-state index contributed by atoms with van der Waals surface area (Å²) in [6.45, 7) is 5.86. The zero-order valence-electron chi connectivity index (χ0n) is 23.8. The van der Waals surface area contributed by atoms with Crippen LogP contribution in [0.5, 0.6) is 11.8 Å². The molecule has 0 amide bonds. The molecule has 11 heteroatoms. The zero-order valence-corrected chi connectivity index (χ0v) is 25.3. The van der Waals surface area contributed by atoms with Crippen molar-refractivity contribution in [2.75, 3.05) is 27.8 Å². The maximum atomic E-state index is 7.01. The van der Waals surface area contributed by atoms with Gasteiger partial charge in [0.25, 0.3) is 0 Å². The van der Waals surface area contributed by atoms with Crippen LogP contribution in [-0.2, 0) is 13.1 Å². The molecule has 0 unspecified atom stereocenters. The molecule has 0 spiro atoms. The number of benzene rings is 2. The number of rotatable bonds is 11. The van der Waals surface area contributed by atoms with Gasteiger partial charge in [-0.25, -0.2) is 9.97 Å². The Morgan fingerprint density at radius 3 is 1.86 bits per heavy atom. The van der Waals surface area contributed by atoms with Gasteiger partial charge in [-0.05, 0) is 19.9 Å². The summed E-state index contributed by atoms with van der Waals surface area (Å²) in [6.07, 6.45) is 5.48. The second kappa shape index (κ2) is 13.5. The van der Waals surface area contributed by atoms with Gasteiger partial charge in [0.2, 0.25) is 11.8 Å². The second-order valence-corrected chi connectivity index (χ2v) is 10.7. The highest BCUT2D eigenvalue weighted by molar-refractivity contribution is 6.39. The fraction of sp³-hybridized carbons (Fsp3) is 0.290. The molecule has 1 atom stereocenters. The first-order valence-electron chi connectivity index (χ1n) is 13.6. The molecule has 218 valence electrons. The largest absolute Gasteiger partial charge is 0.480 e. The van der Waals surface area contributed by atoms with E-state index in [1.165, 1.54) is 0 Å². The smallest absolute Gasteiger partial charge is 0.237 e. The summed E-state index contributed by atoms with van der Waals surface area (Å²) in [7, 11) is 5.00. The van der Waals surface area contributed by atoms with Crippen LogP contribution in [0.15, 0.2) is 61.1 Å². The standard InChI is InChI=1S/C31H33Cl2N7O2/c1-18-11-12-19(38-18)13-35-15-27-31(42-4)40-25(17-37-27)23-10-6-8-21(29(23)33)20-7-5-9-22(28(20)32)24-16-36-26(14-34-2)30(39-24)41-3/h5-10,16-17,19,34-35,38H,1,11-15H2,2-4H3/t19-/m0/s1. The first kappa shape index (κ1) is 29.7. The predicted octanol–water partition coefficient (Wildman–Crippen LogP) is 5.67. The third-order valence-corrected chi connectivity index (χ3v) is 7.89. The molecule has 3 N–H and O–H groups in total. The molecule has 0 saturated carbocycles. The number of nitrogens with one attached hydrogen (secondary N) is 3. The van der Waals surface area contributed by atoms with Gasteiger partial charge in [0.1, 0.15) is 11.4 Å². The van der Waals surface area contributed by atoms with E-state index in [-0.39, 0.29) is 0 Å². The Morgan fingerprint density at radius 2 is 1.38 bits per heavy atom. The molecule has 0 radical (unpaired) electrons. The number of ether oxygens (including phenoxy) is 2. The van der Waals surface area contributed by atoms with Crippen molar-refractivity contribution >= 4 is 23.2 Å². The Hall–Kier alpha value is -3.76. The lowest BCUT2D eigenvalue weighted by atomic mass is 9.98. The van der Waals surface area contributed by atoms with Crippen LogP contribution >= 0.6 is 23.2 Å². The van der Waals surface area contributed by atoms with Crippen molar-refractivity contribution in [2.45, 2.75) is 32.0 Å². The topological polar surface area (TPSA) is 106 Å². The molecule has 2 aromatic heterocycles. The number of halogens is 2. The SMILES string of the molecule is C=C1CC[C@@H](CNCc2ncc(-c3cccc(-c4cccc(-c5cnc(CNC)c(OC)n5)c4Cl)c3Cl)nc2OC)N1. The van der Waals surface area contributed by atoms with Crippen LogP contribution in [-0.4, -0.2) is 53.8 Å². The maximum absolute atomic E-state index is 7.01. The van der Waals surface area contributed by atoms with E-state index in [0.717, 1.165) is 41.9 Å². The van der Waals surface area contributed by atoms with E-state index >= 15 is 0 Å². The van der Waals surface area contributed by atoms with Gasteiger partial charge in [-0.2, -0.15) is 0 Å². The van der Waals surface area contributed by atoms with Crippen LogP contribution in [0, 0.1) is 0 Å². The number of hydrogen-bond donors (Lipinski definition) is 3. The Morgan fingerprint density at radius 1 is 0.857 bits per heavy atom. The van der Waals surface area contributed by atoms with Gasteiger partial charge in [-0.3, -0.25) is 9.97 Å². The number of nitrogens with zero attached hydrogens (tertiary/aromatic N) is 4. The summed E-state index contributed by atoms with van der Waals surface area (Å²) in [5.74, 6) is 0.884. The maximum Gasteiger partial charge on any atom is 0.237 e. The van der Waals surface area contributed by atoms with E-state index in [1.807, 2.05) is 43.4 Å². The molecule has 9 nitrogen and oxygen atoms in total. The van der Waals surface area contributed by atoms with Crippen molar-refractivity contribution in [3.8, 4) is 45.4 Å². The molecule has 0 aliphatic carbocycles. The molecule has 3 heterocycles. The second-order valence-electron chi connectivity index (χ2n) is 9.90. The lowest BCUT2D eigenvalue weighted by Crippen LogP contribution is -2.33. The molecule has 42 heavy (non-hydrogen) atoms. The van der Waals surface area contributed by atoms with Crippen LogP contribution in [0.4, 0.5) is 0 Å². The molecular formula is C31H33Cl2N7O2. The van der Waals surface area contributed by atoms with Crippen molar-refractivity contribution < 1.29 is 9.47 Å². The van der Waals surface area contributed by atoms with Gasteiger partial charge >= 0.3 is 0 Å². The molecule has 1 aliphatic rings. The Labute approximate surface area is 255 Å². The molecule has 2 aromatic carbocycles. The number of aromatic nitrogens is 4. The number of hydrogen-bond acceptors (Lipinski definition) is 9. The van der Waals surface area contributed by atoms with Crippen molar-refractivity contribution in [1.29, 1.82) is 0 Å². The van der Waals surface area contributed by atoms with E-state index in [2.05, 4.69) is 37.5 Å². The highest BCUT2D eigenvalue weighted by atomic mass is 35.5. The molecule has 4 aromatic rings. The monoisotopic (exact) mass is 605 g/mol. The van der Waals surface area contributed by atoms with Gasteiger partial charge in [-0.1, -0.05) is 66.2 Å². The van der Waals surface area contributed by atoms with Crippen LogP contribution in [0.1, 0.15) is 24.2 Å². The average Bonchev–Trinajstić information content (AvgIpc) is 3.43. The average molecular weight is 607 g/mol. The van der Waals surface area contributed by atoms with Crippen molar-refractivity contribution in [3.63, 3.8) is 0 Å². The first-order valence-corrected chi connectivity index (χ1v) is 14.4. The molecule has 5 rings (SSSR count). The van der Waals surface area contributed by atoms with Crippen LogP contribution in [0.3, 0.4) is 0 Å². The molecule has 1 aliphatic heterocycles. The van der Waals surface area contributed by atoms with Gasteiger partial charge in [-0.15, -0.1) is 0 Å². The van der Waals surface area contributed by atoms with E-state index in [9.17, 15) is 0 Å². The van der Waals surface area contributed by atoms with Gasteiger partial charge < -0.3 is 25.4 Å². The zero-order chi connectivity index (χ0) is 29.6. The van der Waals surface area contributed by atoms with Crippen LogP contribution in [0.2, 0.25) is 10.0 Å². The van der Waals surface area contributed by atoms with Gasteiger partial charge in [0.15, 0.2) is 0 Å². The molecule has 0 bridgehead atoms. The highest BCUT2D eigenvalue weighted by Crippen LogP contribution is 2.42. The Kier molecular flexibility index (Phi) is 9.54. The first-order chi connectivity index (χ1) is 20.4. The number of allylic oxidation sites excluding steroid dienone is 1. The van der Waals surface area contributed by atoms with E-state index < -0.39 is 0 Å². The minimum absolute atomic E-state index is 0.370. The van der Waals surface area contributed by atoms with Crippen molar-refractivity contribution in [1.82, 2.24) is 35.9 Å². The summed E-state index contributed by atoms with van der Waals surface area (Å²) in [6, 6.07) is 11.8. The lowest BCUT2D eigenvalue weighted by molar-refractivity contribution is 0.386. The Balaban J connectivity index is 1.42. The van der Waals surface area contributed by atoms with E-state index in [4.69, 9.17) is 37.7 Å². The van der Waals surface area contributed by atoms with Crippen LogP contribution < -0.4 is 25.4 Å². The normalized spacial score (nSPS) is 14.6. The Bertz CT molecular complexity index is 1600. The quantitative estimate of drug-likeness (QED) is 0.199. The third-order valence-electron chi connectivity index (χ3n) is 7.08. The van der Waals surface area contributed by atoms with Crippen molar-refractivity contribution in [3.05, 3.63) is 82.5 Å². The lowest BCUT2D eigenvalue weighted by Gasteiger charge is -2.15. The summed E-state index contributed by atoms with van der Waals surface area (Å²) in [5.41, 5.74) is 6.65. The van der Waals surface area contributed by atoms with E-state index in [1.54, 1.807) is 26.6 Å².